The van der Waals surface area contributed by atoms with Crippen molar-refractivity contribution in [2.75, 3.05) is 6.54 Å². The number of hydrogen-bond acceptors (Lipinski definition) is 3. The second-order valence-electron chi connectivity index (χ2n) is 4.24. The normalized spacial score (nSPS) is 20.1. The number of carbonyl (C=O) groups is 1. The van der Waals surface area contributed by atoms with Crippen LogP contribution in [0, 0.1) is 11.6 Å². The fourth-order valence-corrected chi connectivity index (χ4v) is 3.16. The topological polar surface area (TPSA) is 75.3 Å². The van der Waals surface area contributed by atoms with Gasteiger partial charge in [-0.3, -0.25) is 4.79 Å². The molecule has 19 heavy (non-hydrogen) atoms. The van der Waals surface area contributed by atoms with Crippen molar-refractivity contribution in [3.8, 4) is 0 Å². The number of halogens is 2. The molecular formula is C11H12F2N2O3S. The van der Waals surface area contributed by atoms with Crippen LogP contribution in [0.25, 0.3) is 0 Å². The van der Waals surface area contributed by atoms with Crippen molar-refractivity contribution in [3.63, 3.8) is 0 Å². The third kappa shape index (κ3) is 3.27. The van der Waals surface area contributed by atoms with Gasteiger partial charge >= 0.3 is 0 Å². The zero-order valence-electron chi connectivity index (χ0n) is 9.82. The van der Waals surface area contributed by atoms with Crippen molar-refractivity contribution in [3.05, 3.63) is 29.8 Å². The lowest BCUT2D eigenvalue weighted by molar-refractivity contribution is -0.122. The van der Waals surface area contributed by atoms with E-state index in [2.05, 4.69) is 10.0 Å². The van der Waals surface area contributed by atoms with E-state index in [1.54, 1.807) is 0 Å². The summed E-state index contributed by atoms with van der Waals surface area (Å²) in [6.45, 7) is 0.134. The second-order valence-corrected chi connectivity index (χ2v) is 5.92. The van der Waals surface area contributed by atoms with Gasteiger partial charge in [0.05, 0.1) is 0 Å². The fraction of sp³-hybridized carbons (Fsp3) is 0.364. The maximum absolute atomic E-state index is 13.4. The lowest BCUT2D eigenvalue weighted by Gasteiger charge is -2.23. The van der Waals surface area contributed by atoms with Crippen LogP contribution in [0.2, 0.25) is 0 Å². The van der Waals surface area contributed by atoms with Crippen LogP contribution < -0.4 is 10.0 Å². The van der Waals surface area contributed by atoms with E-state index in [0.29, 0.717) is 12.5 Å². The van der Waals surface area contributed by atoms with Crippen molar-refractivity contribution in [2.45, 2.75) is 23.8 Å². The van der Waals surface area contributed by atoms with Crippen LogP contribution in [0.1, 0.15) is 12.8 Å². The van der Waals surface area contributed by atoms with Crippen LogP contribution in [0.15, 0.2) is 23.1 Å². The molecule has 1 saturated heterocycles. The minimum Gasteiger partial charge on any atom is -0.355 e. The first-order valence-electron chi connectivity index (χ1n) is 5.62. The SMILES string of the molecule is O=C1CCC(NS(=O)(=O)c2cc(F)ccc2F)CN1. The maximum atomic E-state index is 13.4. The molecule has 1 atom stereocenters. The van der Waals surface area contributed by atoms with Gasteiger partial charge in [0.15, 0.2) is 0 Å². The molecule has 1 unspecified atom stereocenters. The highest BCUT2D eigenvalue weighted by molar-refractivity contribution is 7.89. The highest BCUT2D eigenvalue weighted by Crippen LogP contribution is 2.17. The van der Waals surface area contributed by atoms with Crippen LogP contribution in [-0.2, 0) is 14.8 Å². The average Bonchev–Trinajstić information content (AvgIpc) is 2.35. The number of piperidine rings is 1. The van der Waals surface area contributed by atoms with E-state index in [1.165, 1.54) is 0 Å². The van der Waals surface area contributed by atoms with Gasteiger partial charge in [-0.25, -0.2) is 21.9 Å². The lowest BCUT2D eigenvalue weighted by atomic mass is 10.1. The number of benzene rings is 1. The zero-order valence-corrected chi connectivity index (χ0v) is 10.6. The first kappa shape index (κ1) is 13.9. The minimum absolute atomic E-state index is 0.134. The van der Waals surface area contributed by atoms with Gasteiger partial charge in [-0.15, -0.1) is 0 Å². The molecule has 5 nitrogen and oxygen atoms in total. The van der Waals surface area contributed by atoms with Crippen LogP contribution in [0.5, 0.6) is 0 Å². The molecule has 1 fully saturated rings. The first-order valence-corrected chi connectivity index (χ1v) is 7.11. The Labute approximate surface area is 109 Å². The molecule has 0 aromatic heterocycles. The van der Waals surface area contributed by atoms with Crippen LogP contribution in [0.3, 0.4) is 0 Å². The number of hydrogen-bond donors (Lipinski definition) is 2. The molecule has 2 N–H and O–H groups in total. The molecule has 1 aliphatic rings. The monoisotopic (exact) mass is 290 g/mol. The van der Waals surface area contributed by atoms with Crippen molar-refractivity contribution in [1.29, 1.82) is 0 Å². The second kappa shape index (κ2) is 5.22. The molecule has 104 valence electrons. The van der Waals surface area contributed by atoms with Crippen molar-refractivity contribution >= 4 is 15.9 Å². The van der Waals surface area contributed by atoms with Gasteiger partial charge < -0.3 is 5.32 Å². The number of amides is 1. The summed E-state index contributed by atoms with van der Waals surface area (Å²) < 4.78 is 52.5. The molecule has 1 heterocycles. The Morgan fingerprint density at radius 3 is 2.68 bits per heavy atom. The molecule has 1 aromatic carbocycles. The standard InChI is InChI=1S/C11H12F2N2O3S/c12-7-1-3-9(13)10(5-7)19(17,18)15-8-2-4-11(16)14-6-8/h1,3,5,8,15H,2,4,6H2,(H,14,16). The Kier molecular flexibility index (Phi) is 3.81. The zero-order chi connectivity index (χ0) is 14.0. The fourth-order valence-electron chi connectivity index (χ4n) is 1.80. The third-order valence-electron chi connectivity index (χ3n) is 2.77. The quantitative estimate of drug-likeness (QED) is 0.852. The molecule has 0 saturated carbocycles. The van der Waals surface area contributed by atoms with E-state index in [0.717, 1.165) is 12.1 Å². The largest absolute Gasteiger partial charge is 0.355 e. The number of carbonyl (C=O) groups excluding carboxylic acids is 1. The lowest BCUT2D eigenvalue weighted by Crippen LogP contribution is -2.47. The van der Waals surface area contributed by atoms with Crippen LogP contribution in [0.4, 0.5) is 8.78 Å². The maximum Gasteiger partial charge on any atom is 0.243 e. The van der Waals surface area contributed by atoms with Crippen molar-refractivity contribution in [2.24, 2.45) is 0 Å². The Balaban J connectivity index is 2.18. The number of rotatable bonds is 3. The highest BCUT2D eigenvalue weighted by Gasteiger charge is 2.26. The van der Waals surface area contributed by atoms with Crippen LogP contribution >= 0.6 is 0 Å². The van der Waals surface area contributed by atoms with Crippen LogP contribution in [-0.4, -0.2) is 26.9 Å². The summed E-state index contributed by atoms with van der Waals surface area (Å²) in [5.74, 6) is -2.01. The molecule has 0 bridgehead atoms. The number of sulfonamides is 1. The Hall–Kier alpha value is -1.54. The van der Waals surface area contributed by atoms with E-state index >= 15 is 0 Å². The Morgan fingerprint density at radius 2 is 2.05 bits per heavy atom. The average molecular weight is 290 g/mol. The van der Waals surface area contributed by atoms with Crippen molar-refractivity contribution in [1.82, 2.24) is 10.0 Å². The smallest absolute Gasteiger partial charge is 0.243 e. The number of nitrogens with one attached hydrogen (secondary N) is 2. The van der Waals surface area contributed by atoms with E-state index in [-0.39, 0.29) is 18.9 Å². The highest BCUT2D eigenvalue weighted by atomic mass is 32.2. The van der Waals surface area contributed by atoms with Gasteiger partial charge in [-0.05, 0) is 24.6 Å². The van der Waals surface area contributed by atoms with Gasteiger partial charge in [-0.1, -0.05) is 0 Å². The molecule has 0 spiro atoms. The third-order valence-corrected chi connectivity index (χ3v) is 4.31. The molecule has 1 amide bonds. The van der Waals surface area contributed by atoms with E-state index in [4.69, 9.17) is 0 Å². The Bertz CT molecular complexity index is 594. The van der Waals surface area contributed by atoms with Gasteiger partial charge in [0.2, 0.25) is 15.9 Å². The predicted molar refractivity (Wildman–Crippen MR) is 62.7 cm³/mol. The molecule has 1 aliphatic heterocycles. The summed E-state index contributed by atoms with van der Waals surface area (Å²) in [6, 6.07) is 1.70. The summed E-state index contributed by atoms with van der Waals surface area (Å²) in [7, 11) is -4.15. The molecule has 0 radical (unpaired) electrons. The van der Waals surface area contributed by atoms with Gasteiger partial charge in [0.25, 0.3) is 0 Å². The predicted octanol–water partition coefficient (Wildman–Crippen LogP) is 0.522. The molecule has 2 rings (SSSR count). The molecular weight excluding hydrogens is 278 g/mol. The first-order chi connectivity index (χ1) is 8.88. The summed E-state index contributed by atoms with van der Waals surface area (Å²) in [6.07, 6.45) is 0.515. The summed E-state index contributed by atoms with van der Waals surface area (Å²) >= 11 is 0. The molecule has 1 aromatic rings. The van der Waals surface area contributed by atoms with Gasteiger partial charge in [0, 0.05) is 19.0 Å². The van der Waals surface area contributed by atoms with E-state index in [9.17, 15) is 22.0 Å². The minimum atomic E-state index is -4.15. The Morgan fingerprint density at radius 1 is 1.32 bits per heavy atom. The summed E-state index contributed by atoms with van der Waals surface area (Å²) in [4.78, 5) is 10.2. The van der Waals surface area contributed by atoms with E-state index < -0.39 is 32.6 Å². The molecule has 8 heteroatoms. The summed E-state index contributed by atoms with van der Waals surface area (Å²) in [5, 5.41) is 2.50. The summed E-state index contributed by atoms with van der Waals surface area (Å²) in [5.41, 5.74) is 0. The molecule has 0 aliphatic carbocycles. The van der Waals surface area contributed by atoms with Gasteiger partial charge in [-0.2, -0.15) is 0 Å². The van der Waals surface area contributed by atoms with Gasteiger partial charge in [0.1, 0.15) is 16.5 Å². The van der Waals surface area contributed by atoms with E-state index in [1.807, 2.05) is 0 Å². The van der Waals surface area contributed by atoms with Crippen molar-refractivity contribution < 1.29 is 22.0 Å².